The zero-order valence-corrected chi connectivity index (χ0v) is 13.0. The maximum Gasteiger partial charge on any atom is 0.307 e. The number of methoxy groups -OCH3 is 2. The summed E-state index contributed by atoms with van der Waals surface area (Å²) in [6.45, 7) is 3.29. The van der Waals surface area contributed by atoms with Gasteiger partial charge in [-0.3, -0.25) is 4.79 Å². The average Bonchev–Trinajstić information content (AvgIpc) is 2.50. The number of carbonyl (C=O) groups excluding carboxylic acids is 1. The first-order valence-corrected chi connectivity index (χ1v) is 7.12. The third-order valence-electron chi connectivity index (χ3n) is 3.35. The van der Waals surface area contributed by atoms with Crippen molar-refractivity contribution in [2.45, 2.75) is 31.9 Å². The number of aliphatic hydroxyl groups is 1. The quantitative estimate of drug-likeness (QED) is 0.535. The molecule has 0 bridgehead atoms. The van der Waals surface area contributed by atoms with Gasteiger partial charge in [-0.25, -0.2) is 0 Å². The summed E-state index contributed by atoms with van der Waals surface area (Å²) >= 11 is 0. The summed E-state index contributed by atoms with van der Waals surface area (Å²) < 4.78 is 9.69. The van der Waals surface area contributed by atoms with Crippen molar-refractivity contribution in [1.29, 1.82) is 0 Å². The number of rotatable bonds is 9. The van der Waals surface area contributed by atoms with Crippen LogP contribution in [-0.2, 0) is 14.3 Å². The normalized spacial score (nSPS) is 13.7. The molecule has 0 aliphatic carbocycles. The van der Waals surface area contributed by atoms with E-state index in [0.29, 0.717) is 13.2 Å². The fraction of sp³-hybridized carbons (Fsp3) is 0.562. The summed E-state index contributed by atoms with van der Waals surface area (Å²) in [6, 6.07) is 7.26. The Labute approximate surface area is 126 Å². The molecule has 21 heavy (non-hydrogen) atoms. The van der Waals surface area contributed by atoms with Gasteiger partial charge in [0.25, 0.3) is 0 Å². The number of esters is 1. The maximum atomic E-state index is 11.5. The molecule has 1 aromatic rings. The van der Waals surface area contributed by atoms with Gasteiger partial charge in [0.15, 0.2) is 0 Å². The molecule has 0 aliphatic heterocycles. The first-order valence-electron chi connectivity index (χ1n) is 7.12. The van der Waals surface area contributed by atoms with Gasteiger partial charge in [-0.05, 0) is 25.5 Å². The van der Waals surface area contributed by atoms with E-state index in [2.05, 4.69) is 5.32 Å². The van der Waals surface area contributed by atoms with Gasteiger partial charge in [0.2, 0.25) is 0 Å². The Balaban J connectivity index is 2.68. The summed E-state index contributed by atoms with van der Waals surface area (Å²) in [4.78, 5) is 11.5. The first kappa shape index (κ1) is 17.6. The molecular formula is C16H25NO4. The Morgan fingerprint density at radius 3 is 2.52 bits per heavy atom. The number of aryl methyl sites for hydroxylation is 1. The van der Waals surface area contributed by atoms with Gasteiger partial charge in [0, 0.05) is 19.8 Å². The summed E-state index contributed by atoms with van der Waals surface area (Å²) in [6.07, 6.45) is 0.181. The number of benzene rings is 1. The number of carbonyl (C=O) groups is 1. The first-order chi connectivity index (χ1) is 10.1. The molecule has 0 heterocycles. The minimum atomic E-state index is -0.757. The van der Waals surface area contributed by atoms with E-state index >= 15 is 0 Å². The number of nitrogens with one attached hydrogen (secondary N) is 1. The van der Waals surface area contributed by atoms with Crippen LogP contribution < -0.4 is 5.32 Å². The van der Waals surface area contributed by atoms with Crippen molar-refractivity contribution in [2.24, 2.45) is 0 Å². The van der Waals surface area contributed by atoms with Crippen LogP contribution >= 0.6 is 0 Å². The third kappa shape index (κ3) is 6.25. The van der Waals surface area contributed by atoms with Crippen molar-refractivity contribution in [2.75, 3.05) is 27.4 Å². The van der Waals surface area contributed by atoms with E-state index in [1.165, 1.54) is 7.11 Å². The molecule has 1 aromatic carbocycles. The van der Waals surface area contributed by atoms with Crippen LogP contribution in [0, 0.1) is 6.92 Å². The predicted molar refractivity (Wildman–Crippen MR) is 81.1 cm³/mol. The van der Waals surface area contributed by atoms with Crippen LogP contribution in [0.2, 0.25) is 0 Å². The van der Waals surface area contributed by atoms with Crippen molar-refractivity contribution in [1.82, 2.24) is 5.32 Å². The predicted octanol–water partition coefficient (Wildman–Crippen LogP) is 1.59. The van der Waals surface area contributed by atoms with E-state index in [4.69, 9.17) is 9.47 Å². The van der Waals surface area contributed by atoms with E-state index < -0.39 is 6.10 Å². The van der Waals surface area contributed by atoms with Gasteiger partial charge < -0.3 is 19.9 Å². The Morgan fingerprint density at radius 1 is 1.29 bits per heavy atom. The lowest BCUT2D eigenvalue weighted by molar-refractivity contribution is -0.142. The Bertz CT molecular complexity index is 419. The molecule has 1 rings (SSSR count). The Hall–Kier alpha value is -1.43. The molecule has 0 radical (unpaired) electrons. The second-order valence-corrected chi connectivity index (χ2v) is 5.04. The van der Waals surface area contributed by atoms with Crippen LogP contribution in [0.1, 0.15) is 30.1 Å². The maximum absolute atomic E-state index is 11.5. The fourth-order valence-electron chi connectivity index (χ4n) is 2.06. The van der Waals surface area contributed by atoms with Crippen LogP contribution in [0.4, 0.5) is 0 Å². The lowest BCUT2D eigenvalue weighted by Crippen LogP contribution is -2.38. The van der Waals surface area contributed by atoms with E-state index in [0.717, 1.165) is 17.5 Å². The summed E-state index contributed by atoms with van der Waals surface area (Å²) in [5.74, 6) is -0.342. The van der Waals surface area contributed by atoms with Gasteiger partial charge in [-0.15, -0.1) is 0 Å². The molecule has 0 fully saturated rings. The molecule has 0 saturated carbocycles. The van der Waals surface area contributed by atoms with Gasteiger partial charge in [0.1, 0.15) is 0 Å². The molecule has 0 aliphatic rings. The largest absolute Gasteiger partial charge is 0.469 e. The minimum Gasteiger partial charge on any atom is -0.469 e. The minimum absolute atomic E-state index is 0.124. The second-order valence-electron chi connectivity index (χ2n) is 5.04. The van der Waals surface area contributed by atoms with Crippen LogP contribution in [0.5, 0.6) is 0 Å². The van der Waals surface area contributed by atoms with Crippen molar-refractivity contribution >= 4 is 5.97 Å². The van der Waals surface area contributed by atoms with Crippen LogP contribution in [0.25, 0.3) is 0 Å². The monoisotopic (exact) mass is 295 g/mol. The van der Waals surface area contributed by atoms with Crippen molar-refractivity contribution in [3.8, 4) is 0 Å². The van der Waals surface area contributed by atoms with Crippen LogP contribution in [-0.4, -0.2) is 44.5 Å². The summed E-state index contributed by atoms with van der Waals surface area (Å²) in [7, 11) is 3.00. The van der Waals surface area contributed by atoms with Gasteiger partial charge in [0.05, 0.1) is 19.6 Å². The molecule has 2 N–H and O–H groups in total. The van der Waals surface area contributed by atoms with Gasteiger partial charge >= 0.3 is 5.97 Å². The number of hydrogen-bond donors (Lipinski definition) is 2. The lowest BCUT2D eigenvalue weighted by atomic mass is 9.98. The molecule has 2 atom stereocenters. The summed E-state index contributed by atoms with van der Waals surface area (Å²) in [5.41, 5.74) is 1.91. The van der Waals surface area contributed by atoms with E-state index in [-0.39, 0.29) is 18.4 Å². The van der Waals surface area contributed by atoms with E-state index in [9.17, 15) is 9.90 Å². The van der Waals surface area contributed by atoms with Crippen molar-refractivity contribution in [3.63, 3.8) is 0 Å². The molecule has 0 amide bonds. The Morgan fingerprint density at radius 2 is 1.95 bits per heavy atom. The van der Waals surface area contributed by atoms with E-state index in [1.54, 1.807) is 7.11 Å². The zero-order valence-electron chi connectivity index (χ0n) is 13.0. The fourth-order valence-corrected chi connectivity index (χ4v) is 2.06. The number of aliphatic hydroxyl groups excluding tert-OH is 1. The van der Waals surface area contributed by atoms with Gasteiger partial charge in [-0.2, -0.15) is 0 Å². The molecule has 0 aromatic heterocycles. The standard InChI is InChI=1S/C16H25NO4/c1-12-5-7-13(8-6-12)16(19)14(11-15(18)21-3)17-9-4-10-20-2/h5-8,14,16-17,19H,4,9-11H2,1-3H3. The highest BCUT2D eigenvalue weighted by Gasteiger charge is 2.23. The van der Waals surface area contributed by atoms with E-state index in [1.807, 2.05) is 31.2 Å². The number of ether oxygens (including phenoxy) is 2. The highest BCUT2D eigenvalue weighted by Crippen LogP contribution is 2.20. The molecule has 5 nitrogen and oxygen atoms in total. The Kier molecular flexibility index (Phi) is 7.97. The summed E-state index contributed by atoms with van der Waals surface area (Å²) in [5, 5.41) is 13.7. The van der Waals surface area contributed by atoms with Gasteiger partial charge in [-0.1, -0.05) is 29.8 Å². The molecule has 5 heteroatoms. The highest BCUT2D eigenvalue weighted by molar-refractivity contribution is 5.70. The zero-order chi connectivity index (χ0) is 15.7. The molecule has 2 unspecified atom stereocenters. The SMILES string of the molecule is COCCCNC(CC(=O)OC)C(O)c1ccc(C)cc1. The average molecular weight is 295 g/mol. The number of hydrogen-bond acceptors (Lipinski definition) is 5. The lowest BCUT2D eigenvalue weighted by Gasteiger charge is -2.24. The molecule has 0 spiro atoms. The topological polar surface area (TPSA) is 67.8 Å². The molecule has 0 saturated heterocycles. The van der Waals surface area contributed by atoms with Crippen molar-refractivity contribution < 1.29 is 19.4 Å². The highest BCUT2D eigenvalue weighted by atomic mass is 16.5. The smallest absolute Gasteiger partial charge is 0.307 e. The third-order valence-corrected chi connectivity index (χ3v) is 3.35. The molecular weight excluding hydrogens is 270 g/mol. The van der Waals surface area contributed by atoms with Crippen LogP contribution in [0.3, 0.4) is 0 Å². The molecule has 118 valence electrons. The second kappa shape index (κ2) is 9.50. The van der Waals surface area contributed by atoms with Crippen molar-refractivity contribution in [3.05, 3.63) is 35.4 Å². The van der Waals surface area contributed by atoms with Crippen LogP contribution in [0.15, 0.2) is 24.3 Å².